The van der Waals surface area contributed by atoms with E-state index in [0.29, 0.717) is 13.1 Å². The predicted molar refractivity (Wildman–Crippen MR) is 49.6 cm³/mol. The molecule has 0 radical (unpaired) electrons. The summed E-state index contributed by atoms with van der Waals surface area (Å²) in [6.07, 6.45) is 2.29. The van der Waals surface area contributed by atoms with E-state index in [9.17, 15) is 4.79 Å². The molecule has 1 aliphatic rings. The molecule has 1 saturated heterocycles. The van der Waals surface area contributed by atoms with Gasteiger partial charge in [0.25, 0.3) is 0 Å². The number of aromatic nitrogens is 4. The smallest absolute Gasteiger partial charge is 0.244 e. The number of hydrogen-bond acceptors (Lipinski definition) is 5. The van der Waals surface area contributed by atoms with E-state index >= 15 is 0 Å². The lowest BCUT2D eigenvalue weighted by Crippen LogP contribution is -2.32. The molecule has 1 aromatic rings. The summed E-state index contributed by atoms with van der Waals surface area (Å²) in [5.74, 6) is 0.223. The lowest BCUT2D eigenvalue weighted by molar-refractivity contribution is -0.131. The minimum absolute atomic E-state index is 0.00162. The molecular formula is C8H13N5O2. The summed E-state index contributed by atoms with van der Waals surface area (Å²) in [4.78, 5) is 13.4. The van der Waals surface area contributed by atoms with Crippen LogP contribution in [0, 0.1) is 5.92 Å². The van der Waals surface area contributed by atoms with Crippen LogP contribution in [0.15, 0.2) is 6.33 Å². The number of aliphatic hydroxyl groups is 1. The van der Waals surface area contributed by atoms with Crippen LogP contribution in [0.2, 0.25) is 0 Å². The van der Waals surface area contributed by atoms with E-state index < -0.39 is 0 Å². The number of amides is 1. The molecule has 2 rings (SSSR count). The minimum atomic E-state index is -0.00162. The third kappa shape index (κ3) is 2.30. The van der Waals surface area contributed by atoms with Crippen LogP contribution in [-0.4, -0.2) is 55.8 Å². The van der Waals surface area contributed by atoms with Gasteiger partial charge in [-0.3, -0.25) is 4.79 Å². The van der Waals surface area contributed by atoms with Crippen LogP contribution >= 0.6 is 0 Å². The Labute approximate surface area is 86.7 Å². The largest absolute Gasteiger partial charge is 0.396 e. The Balaban J connectivity index is 1.87. The monoisotopic (exact) mass is 211 g/mol. The molecule has 1 atom stereocenters. The second-order valence-electron chi connectivity index (χ2n) is 3.68. The van der Waals surface area contributed by atoms with E-state index in [1.807, 2.05) is 0 Å². The van der Waals surface area contributed by atoms with Gasteiger partial charge in [-0.15, -0.1) is 5.10 Å². The van der Waals surface area contributed by atoms with E-state index in [0.717, 1.165) is 6.42 Å². The molecule has 0 saturated carbocycles. The van der Waals surface area contributed by atoms with E-state index in [2.05, 4.69) is 15.5 Å². The topological polar surface area (TPSA) is 84.1 Å². The van der Waals surface area contributed by atoms with Crippen molar-refractivity contribution in [2.24, 2.45) is 5.92 Å². The lowest BCUT2D eigenvalue weighted by Gasteiger charge is -2.15. The fraction of sp³-hybridized carbons (Fsp3) is 0.750. The van der Waals surface area contributed by atoms with Crippen molar-refractivity contribution in [3.8, 4) is 0 Å². The molecule has 0 aromatic carbocycles. The maximum Gasteiger partial charge on any atom is 0.244 e. The van der Waals surface area contributed by atoms with E-state index in [4.69, 9.17) is 5.11 Å². The summed E-state index contributed by atoms with van der Waals surface area (Å²) in [7, 11) is 0. The van der Waals surface area contributed by atoms with E-state index in [1.54, 1.807) is 4.90 Å². The molecular weight excluding hydrogens is 198 g/mol. The molecule has 7 nitrogen and oxygen atoms in total. The average Bonchev–Trinajstić information content (AvgIpc) is 2.86. The Morgan fingerprint density at radius 1 is 1.60 bits per heavy atom. The number of aliphatic hydroxyl groups excluding tert-OH is 1. The Morgan fingerprint density at radius 2 is 2.47 bits per heavy atom. The van der Waals surface area contributed by atoms with Crippen LogP contribution in [-0.2, 0) is 11.3 Å². The number of carbonyl (C=O) groups is 1. The molecule has 82 valence electrons. The highest BCUT2D eigenvalue weighted by Crippen LogP contribution is 2.15. The summed E-state index contributed by atoms with van der Waals surface area (Å²) in [5.41, 5.74) is 0. The van der Waals surface area contributed by atoms with Crippen molar-refractivity contribution in [3.63, 3.8) is 0 Å². The zero-order valence-electron chi connectivity index (χ0n) is 8.28. The quantitative estimate of drug-likeness (QED) is 0.658. The fourth-order valence-corrected chi connectivity index (χ4v) is 1.70. The van der Waals surface area contributed by atoms with Crippen molar-refractivity contribution in [2.45, 2.75) is 13.0 Å². The number of tetrazole rings is 1. The summed E-state index contributed by atoms with van der Waals surface area (Å²) in [5, 5.41) is 19.5. The van der Waals surface area contributed by atoms with Crippen LogP contribution in [0.4, 0.5) is 0 Å². The SMILES string of the molecule is O=C(Cn1cnnn1)N1CC[C@H](CO)C1. The standard InChI is InChI=1S/C8H13N5O2/c14-5-7-1-2-12(3-7)8(15)4-13-6-9-10-11-13/h6-7,14H,1-5H2/t7-/m0/s1. The predicted octanol–water partition coefficient (Wildman–Crippen LogP) is -1.49. The molecule has 15 heavy (non-hydrogen) atoms. The first kappa shape index (κ1) is 10.0. The van der Waals surface area contributed by atoms with Gasteiger partial charge in [0, 0.05) is 25.6 Å². The summed E-state index contributed by atoms with van der Waals surface area (Å²) >= 11 is 0. The summed E-state index contributed by atoms with van der Waals surface area (Å²) in [6, 6.07) is 0. The van der Waals surface area contributed by atoms with Crippen molar-refractivity contribution in [1.29, 1.82) is 0 Å². The maximum absolute atomic E-state index is 11.7. The van der Waals surface area contributed by atoms with Gasteiger partial charge in [-0.1, -0.05) is 0 Å². The Hall–Kier alpha value is -1.50. The molecule has 1 aromatic heterocycles. The molecule has 1 amide bonds. The van der Waals surface area contributed by atoms with Crippen LogP contribution in [0.25, 0.3) is 0 Å². The number of carbonyl (C=O) groups excluding carboxylic acids is 1. The van der Waals surface area contributed by atoms with Gasteiger partial charge in [0.2, 0.25) is 5.91 Å². The molecule has 2 heterocycles. The Bertz CT molecular complexity index is 326. The first-order valence-corrected chi connectivity index (χ1v) is 4.89. The van der Waals surface area contributed by atoms with Crippen molar-refractivity contribution >= 4 is 5.91 Å². The van der Waals surface area contributed by atoms with Gasteiger partial charge in [-0.2, -0.15) is 0 Å². The maximum atomic E-state index is 11.7. The number of hydrogen-bond donors (Lipinski definition) is 1. The molecule has 0 bridgehead atoms. The van der Waals surface area contributed by atoms with Gasteiger partial charge < -0.3 is 10.0 Å². The van der Waals surface area contributed by atoms with Crippen molar-refractivity contribution in [1.82, 2.24) is 25.1 Å². The van der Waals surface area contributed by atoms with Crippen LogP contribution in [0.1, 0.15) is 6.42 Å². The highest BCUT2D eigenvalue weighted by atomic mass is 16.3. The number of nitrogens with zero attached hydrogens (tertiary/aromatic N) is 5. The Kier molecular flexibility index (Phi) is 2.91. The van der Waals surface area contributed by atoms with Crippen molar-refractivity contribution in [3.05, 3.63) is 6.33 Å². The normalized spacial score (nSPS) is 20.9. The highest BCUT2D eigenvalue weighted by Gasteiger charge is 2.25. The van der Waals surface area contributed by atoms with Gasteiger partial charge in [-0.05, 0) is 16.8 Å². The molecule has 1 aliphatic heterocycles. The van der Waals surface area contributed by atoms with Crippen molar-refractivity contribution in [2.75, 3.05) is 19.7 Å². The Morgan fingerprint density at radius 3 is 3.07 bits per heavy atom. The van der Waals surface area contributed by atoms with Gasteiger partial charge in [-0.25, -0.2) is 4.68 Å². The molecule has 0 spiro atoms. The average molecular weight is 211 g/mol. The highest BCUT2D eigenvalue weighted by molar-refractivity contribution is 5.76. The molecule has 1 N–H and O–H groups in total. The molecule has 1 fully saturated rings. The van der Waals surface area contributed by atoms with Crippen LogP contribution in [0.3, 0.4) is 0 Å². The second-order valence-corrected chi connectivity index (χ2v) is 3.68. The summed E-state index contributed by atoms with van der Waals surface area (Å²) in [6.45, 7) is 1.67. The fourth-order valence-electron chi connectivity index (χ4n) is 1.70. The zero-order chi connectivity index (χ0) is 10.7. The van der Waals surface area contributed by atoms with Gasteiger partial charge in [0.1, 0.15) is 12.9 Å². The molecule has 7 heteroatoms. The first-order chi connectivity index (χ1) is 7.29. The van der Waals surface area contributed by atoms with Gasteiger partial charge in [0.15, 0.2) is 0 Å². The third-order valence-corrected chi connectivity index (χ3v) is 2.59. The zero-order valence-corrected chi connectivity index (χ0v) is 8.28. The van der Waals surface area contributed by atoms with Crippen molar-refractivity contribution < 1.29 is 9.90 Å². The number of rotatable bonds is 3. The molecule has 0 aliphatic carbocycles. The van der Waals surface area contributed by atoms with Crippen LogP contribution < -0.4 is 0 Å². The lowest BCUT2D eigenvalue weighted by atomic mass is 10.1. The second kappa shape index (κ2) is 4.35. The van der Waals surface area contributed by atoms with Crippen LogP contribution in [0.5, 0.6) is 0 Å². The minimum Gasteiger partial charge on any atom is -0.396 e. The van der Waals surface area contributed by atoms with Gasteiger partial charge >= 0.3 is 0 Å². The van der Waals surface area contributed by atoms with E-state index in [1.165, 1.54) is 11.0 Å². The first-order valence-electron chi connectivity index (χ1n) is 4.89. The third-order valence-electron chi connectivity index (χ3n) is 2.59. The van der Waals surface area contributed by atoms with Gasteiger partial charge in [0.05, 0.1) is 0 Å². The summed E-state index contributed by atoms with van der Waals surface area (Å²) < 4.78 is 1.40. The van der Waals surface area contributed by atoms with E-state index in [-0.39, 0.29) is 25.0 Å². The molecule has 0 unspecified atom stereocenters. The number of likely N-dealkylation sites (tertiary alicyclic amines) is 1.